The zero-order valence-electron chi connectivity index (χ0n) is 20.0. The summed E-state index contributed by atoms with van der Waals surface area (Å²) >= 11 is 0. The molecule has 0 bridgehead atoms. The Labute approximate surface area is 206 Å². The fourth-order valence-corrected chi connectivity index (χ4v) is 5.27. The van der Waals surface area contributed by atoms with Gasteiger partial charge in [-0.2, -0.15) is 5.10 Å². The lowest BCUT2D eigenvalue weighted by Gasteiger charge is -2.13. The van der Waals surface area contributed by atoms with Crippen LogP contribution in [0, 0.1) is 0 Å². The molecule has 8 heteroatoms. The van der Waals surface area contributed by atoms with Crippen molar-refractivity contribution in [1.29, 1.82) is 0 Å². The Morgan fingerprint density at radius 2 is 1.69 bits per heavy atom. The van der Waals surface area contributed by atoms with Crippen LogP contribution in [0.15, 0.2) is 66.7 Å². The van der Waals surface area contributed by atoms with Crippen molar-refractivity contribution in [3.05, 3.63) is 83.7 Å². The van der Waals surface area contributed by atoms with Gasteiger partial charge in [0.1, 0.15) is 0 Å². The Kier molecular flexibility index (Phi) is 6.83. The van der Waals surface area contributed by atoms with Crippen LogP contribution >= 0.6 is 0 Å². The van der Waals surface area contributed by atoms with Crippen LogP contribution in [0.25, 0.3) is 16.9 Å². The Bertz CT molecular complexity index is 1410. The number of anilines is 1. The number of benzene rings is 2. The molecule has 3 heterocycles. The molecule has 1 fully saturated rings. The van der Waals surface area contributed by atoms with E-state index >= 15 is 0 Å². The van der Waals surface area contributed by atoms with Crippen molar-refractivity contribution in [2.75, 3.05) is 30.6 Å². The number of sulfonamides is 1. The number of aromatic nitrogens is 3. The van der Waals surface area contributed by atoms with E-state index in [1.54, 1.807) is 12.1 Å². The summed E-state index contributed by atoms with van der Waals surface area (Å²) in [7, 11) is -3.35. The first-order valence-corrected chi connectivity index (χ1v) is 14.1. The first-order valence-electron chi connectivity index (χ1n) is 12.2. The van der Waals surface area contributed by atoms with Crippen molar-refractivity contribution in [3.8, 4) is 11.3 Å². The van der Waals surface area contributed by atoms with Gasteiger partial charge in [0.15, 0.2) is 11.5 Å². The van der Waals surface area contributed by atoms with Crippen molar-refractivity contribution < 1.29 is 8.42 Å². The summed E-state index contributed by atoms with van der Waals surface area (Å²) < 4.78 is 27.6. The van der Waals surface area contributed by atoms with E-state index in [9.17, 15) is 8.42 Å². The van der Waals surface area contributed by atoms with E-state index in [2.05, 4.69) is 33.9 Å². The molecule has 5 rings (SSSR count). The molecule has 1 N–H and O–H groups in total. The lowest BCUT2D eigenvalue weighted by Crippen LogP contribution is -2.20. The van der Waals surface area contributed by atoms with E-state index in [4.69, 9.17) is 10.1 Å². The second-order valence-electron chi connectivity index (χ2n) is 9.31. The number of pyridine rings is 1. The maximum atomic E-state index is 11.6. The minimum atomic E-state index is -3.35. The maximum absolute atomic E-state index is 11.6. The topological polar surface area (TPSA) is 79.6 Å². The van der Waals surface area contributed by atoms with E-state index in [1.807, 2.05) is 34.8 Å². The second kappa shape index (κ2) is 10.2. The van der Waals surface area contributed by atoms with E-state index in [-0.39, 0.29) is 0 Å². The molecule has 182 valence electrons. The summed E-state index contributed by atoms with van der Waals surface area (Å²) in [5, 5.41) is 4.77. The predicted octanol–water partition coefficient (Wildman–Crippen LogP) is 4.39. The molecule has 1 saturated heterocycles. The van der Waals surface area contributed by atoms with Crippen LogP contribution < -0.4 is 4.72 Å². The predicted molar refractivity (Wildman–Crippen MR) is 140 cm³/mol. The van der Waals surface area contributed by atoms with Gasteiger partial charge in [-0.3, -0.25) is 4.72 Å². The van der Waals surface area contributed by atoms with Crippen molar-refractivity contribution in [2.24, 2.45) is 0 Å². The molecule has 1 aliphatic heterocycles. The SMILES string of the molecule is CS(=O)(=O)Nc1cccc(-c2cccc3nc(Cc4ccc(CCCN5CCCC5)cc4)nn23)c1. The molecule has 2 aromatic carbocycles. The summed E-state index contributed by atoms with van der Waals surface area (Å²) in [4.78, 5) is 7.29. The van der Waals surface area contributed by atoms with Gasteiger partial charge in [0.25, 0.3) is 0 Å². The lowest BCUT2D eigenvalue weighted by molar-refractivity contribution is 0.334. The average Bonchev–Trinajstić information content (AvgIpc) is 3.48. The standard InChI is InChI=1S/C27H31N5O2S/c1-35(33,34)30-24-9-4-8-23(20-24)25-10-5-11-27-28-26(29-32(25)27)19-22-14-12-21(13-15-22)7-6-18-31-16-2-3-17-31/h4-5,8-15,20,30H,2-3,6-7,16-19H2,1H3. The molecule has 0 atom stereocenters. The lowest BCUT2D eigenvalue weighted by atomic mass is 10.1. The summed E-state index contributed by atoms with van der Waals surface area (Å²) in [6.45, 7) is 3.72. The largest absolute Gasteiger partial charge is 0.303 e. The van der Waals surface area contributed by atoms with Crippen molar-refractivity contribution >= 4 is 21.4 Å². The van der Waals surface area contributed by atoms with Crippen LogP contribution in [-0.4, -0.2) is 53.8 Å². The third kappa shape index (κ3) is 6.07. The molecule has 0 unspecified atom stereocenters. The van der Waals surface area contributed by atoms with Crippen LogP contribution in [0.4, 0.5) is 5.69 Å². The van der Waals surface area contributed by atoms with Crippen LogP contribution in [0.1, 0.15) is 36.2 Å². The van der Waals surface area contributed by atoms with Gasteiger partial charge in [-0.1, -0.05) is 42.5 Å². The summed E-state index contributed by atoms with van der Waals surface area (Å²) in [6, 6.07) is 21.9. The third-order valence-corrected chi connectivity index (χ3v) is 7.00. The molecule has 4 aromatic rings. The number of aryl methyl sites for hydroxylation is 1. The summed E-state index contributed by atoms with van der Waals surface area (Å²) in [5.74, 6) is 0.754. The Morgan fingerprint density at radius 1 is 0.943 bits per heavy atom. The van der Waals surface area contributed by atoms with Crippen molar-refractivity contribution in [1.82, 2.24) is 19.5 Å². The molecular formula is C27H31N5O2S. The van der Waals surface area contributed by atoms with Gasteiger partial charge < -0.3 is 4.90 Å². The van der Waals surface area contributed by atoms with Crippen LogP contribution in [-0.2, 0) is 22.9 Å². The molecule has 0 radical (unpaired) electrons. The summed E-state index contributed by atoms with van der Waals surface area (Å²) in [6.07, 6.45) is 6.81. The van der Waals surface area contributed by atoms with Gasteiger partial charge in [0, 0.05) is 17.7 Å². The number of likely N-dealkylation sites (tertiary alicyclic amines) is 1. The van der Waals surface area contributed by atoms with Crippen molar-refractivity contribution in [3.63, 3.8) is 0 Å². The van der Waals surface area contributed by atoms with Gasteiger partial charge in [-0.25, -0.2) is 17.9 Å². The number of hydrogen-bond acceptors (Lipinski definition) is 5. The Balaban J connectivity index is 1.29. The van der Waals surface area contributed by atoms with Crippen LogP contribution in [0.2, 0.25) is 0 Å². The number of nitrogens with zero attached hydrogens (tertiary/aromatic N) is 4. The van der Waals surface area contributed by atoms with Crippen LogP contribution in [0.5, 0.6) is 0 Å². The highest BCUT2D eigenvalue weighted by Crippen LogP contribution is 2.24. The highest BCUT2D eigenvalue weighted by atomic mass is 32.2. The number of nitrogens with one attached hydrogen (secondary N) is 1. The van der Waals surface area contributed by atoms with E-state index < -0.39 is 10.0 Å². The zero-order chi connectivity index (χ0) is 24.3. The fourth-order valence-electron chi connectivity index (χ4n) is 4.72. The first-order chi connectivity index (χ1) is 16.9. The summed E-state index contributed by atoms with van der Waals surface area (Å²) in [5.41, 5.74) is 5.55. The van der Waals surface area contributed by atoms with Gasteiger partial charge >= 0.3 is 0 Å². The highest BCUT2D eigenvalue weighted by Gasteiger charge is 2.12. The molecular weight excluding hydrogens is 458 g/mol. The third-order valence-electron chi connectivity index (χ3n) is 6.39. The molecule has 0 spiro atoms. The molecule has 0 saturated carbocycles. The molecule has 0 amide bonds. The smallest absolute Gasteiger partial charge is 0.229 e. The zero-order valence-corrected chi connectivity index (χ0v) is 20.8. The van der Waals surface area contributed by atoms with E-state index in [1.165, 1.54) is 50.0 Å². The maximum Gasteiger partial charge on any atom is 0.229 e. The number of rotatable bonds is 9. The minimum absolute atomic E-state index is 0.517. The fraction of sp³-hybridized carbons (Fsp3) is 0.333. The highest BCUT2D eigenvalue weighted by molar-refractivity contribution is 7.92. The second-order valence-corrected chi connectivity index (χ2v) is 11.1. The minimum Gasteiger partial charge on any atom is -0.303 e. The van der Waals surface area contributed by atoms with Crippen molar-refractivity contribution in [2.45, 2.75) is 32.1 Å². The molecule has 1 aliphatic rings. The number of fused-ring (bicyclic) bond motifs is 1. The Morgan fingerprint density at radius 3 is 2.46 bits per heavy atom. The first kappa shape index (κ1) is 23.5. The van der Waals surface area contributed by atoms with Gasteiger partial charge in [0.2, 0.25) is 10.0 Å². The number of hydrogen-bond donors (Lipinski definition) is 1. The average molecular weight is 490 g/mol. The molecule has 35 heavy (non-hydrogen) atoms. The van der Waals surface area contributed by atoms with Gasteiger partial charge in [-0.05, 0) is 80.7 Å². The Hall–Kier alpha value is -3.23. The van der Waals surface area contributed by atoms with Gasteiger partial charge in [0.05, 0.1) is 11.9 Å². The van der Waals surface area contributed by atoms with Crippen LogP contribution in [0.3, 0.4) is 0 Å². The van der Waals surface area contributed by atoms with E-state index in [0.717, 1.165) is 35.4 Å². The quantitative estimate of drug-likeness (QED) is 0.377. The molecule has 0 aliphatic carbocycles. The van der Waals surface area contributed by atoms with Gasteiger partial charge in [-0.15, -0.1) is 0 Å². The normalized spacial score (nSPS) is 14.5. The molecule has 2 aromatic heterocycles. The van der Waals surface area contributed by atoms with E-state index in [0.29, 0.717) is 12.1 Å². The molecule has 7 nitrogen and oxygen atoms in total. The monoisotopic (exact) mass is 489 g/mol.